The highest BCUT2D eigenvalue weighted by atomic mass is 32.1. The fourth-order valence-electron chi connectivity index (χ4n) is 2.07. The lowest BCUT2D eigenvalue weighted by molar-refractivity contribution is -0.120. The number of thiazole rings is 1. The minimum absolute atomic E-state index is 0.145. The van der Waals surface area contributed by atoms with Gasteiger partial charge in [-0.15, -0.1) is 11.3 Å². The maximum absolute atomic E-state index is 12.1. The van der Waals surface area contributed by atoms with Crippen molar-refractivity contribution in [1.29, 1.82) is 0 Å². The van der Waals surface area contributed by atoms with Gasteiger partial charge in [-0.2, -0.15) is 11.3 Å². The Hall–Kier alpha value is -2.71. The molecule has 0 aliphatic rings. The zero-order chi connectivity index (χ0) is 17.6. The van der Waals surface area contributed by atoms with Gasteiger partial charge in [0.1, 0.15) is 10.8 Å². The highest BCUT2D eigenvalue weighted by molar-refractivity contribution is 7.14. The van der Waals surface area contributed by atoms with Crippen LogP contribution in [0.5, 0.6) is 5.75 Å². The molecule has 0 fully saturated rings. The number of hydrogen-bond donors (Lipinski definition) is 2. The maximum atomic E-state index is 12.1. The Morgan fingerprint density at radius 1 is 1.16 bits per heavy atom. The molecular weight excluding hydrogens is 358 g/mol. The van der Waals surface area contributed by atoms with Gasteiger partial charge in [-0.1, -0.05) is 0 Å². The molecule has 0 atom stereocenters. The molecule has 3 aromatic rings. The molecule has 0 aliphatic carbocycles. The number of nitrogens with two attached hydrogens (primary N) is 1. The predicted octanol–water partition coefficient (Wildman–Crippen LogP) is 2.92. The molecule has 0 bridgehead atoms. The molecule has 2 aromatic heterocycles. The number of rotatable bonds is 7. The normalized spacial score (nSPS) is 10.4. The molecule has 0 spiro atoms. The van der Waals surface area contributed by atoms with Crippen molar-refractivity contribution < 1.29 is 14.3 Å². The molecule has 0 aliphatic heterocycles. The van der Waals surface area contributed by atoms with E-state index in [9.17, 15) is 9.59 Å². The Balaban J connectivity index is 1.55. The number of primary amides is 1. The zero-order valence-electron chi connectivity index (χ0n) is 13.1. The predicted molar refractivity (Wildman–Crippen MR) is 98.9 cm³/mol. The van der Waals surface area contributed by atoms with Crippen LogP contribution in [-0.2, 0) is 16.0 Å². The van der Waals surface area contributed by atoms with E-state index in [2.05, 4.69) is 10.3 Å². The zero-order valence-corrected chi connectivity index (χ0v) is 14.7. The average molecular weight is 373 g/mol. The number of hydrogen-bond acceptors (Lipinski definition) is 6. The quantitative estimate of drug-likeness (QED) is 0.666. The molecule has 1 aromatic carbocycles. The fourth-order valence-corrected chi connectivity index (χ4v) is 3.60. The number of nitrogens with zero attached hydrogens (tertiary/aromatic N) is 1. The molecule has 8 heteroatoms. The third kappa shape index (κ3) is 4.88. The summed E-state index contributed by atoms with van der Waals surface area (Å²) in [6, 6.07) is 8.74. The molecule has 2 heterocycles. The average Bonchev–Trinajstić information content (AvgIpc) is 3.25. The third-order valence-corrected chi connectivity index (χ3v) is 4.80. The van der Waals surface area contributed by atoms with Crippen LogP contribution in [0.4, 0.5) is 5.69 Å². The first kappa shape index (κ1) is 17.1. The van der Waals surface area contributed by atoms with Crippen LogP contribution in [0, 0.1) is 0 Å². The molecule has 0 saturated carbocycles. The van der Waals surface area contributed by atoms with Crippen molar-refractivity contribution in [2.45, 2.75) is 6.42 Å². The summed E-state index contributed by atoms with van der Waals surface area (Å²) < 4.78 is 5.17. The van der Waals surface area contributed by atoms with Crippen LogP contribution in [0.15, 0.2) is 46.5 Å². The summed E-state index contributed by atoms with van der Waals surface area (Å²) in [5.74, 6) is -0.174. The monoisotopic (exact) mass is 373 g/mol. The van der Waals surface area contributed by atoms with Gasteiger partial charge >= 0.3 is 0 Å². The van der Waals surface area contributed by atoms with Crippen LogP contribution in [0.1, 0.15) is 5.69 Å². The number of ether oxygens (including phenoxy) is 1. The van der Waals surface area contributed by atoms with E-state index < -0.39 is 5.91 Å². The van der Waals surface area contributed by atoms with E-state index in [0.717, 1.165) is 16.3 Å². The molecule has 0 unspecified atom stereocenters. The minimum Gasteiger partial charge on any atom is -0.484 e. The van der Waals surface area contributed by atoms with Crippen molar-refractivity contribution in [1.82, 2.24) is 4.98 Å². The standard InChI is InChI=1S/C17H15N3O3S2/c18-15(21)8-23-14-3-1-12(2-4-14)19-16(22)7-13-10-25-17(20-13)11-5-6-24-9-11/h1-6,9-10H,7-8H2,(H2,18,21)(H,19,22). The first-order chi connectivity index (χ1) is 12.1. The van der Waals surface area contributed by atoms with E-state index >= 15 is 0 Å². The Morgan fingerprint density at radius 2 is 1.96 bits per heavy atom. The number of carbonyl (C=O) groups excluding carboxylic acids is 2. The molecular formula is C17H15N3O3S2. The second kappa shape index (κ2) is 7.91. The van der Waals surface area contributed by atoms with Crippen molar-refractivity contribution in [3.05, 3.63) is 52.2 Å². The van der Waals surface area contributed by atoms with Gasteiger partial charge in [0.15, 0.2) is 6.61 Å². The van der Waals surface area contributed by atoms with Gasteiger partial charge in [0.2, 0.25) is 5.91 Å². The van der Waals surface area contributed by atoms with Crippen molar-refractivity contribution in [3.63, 3.8) is 0 Å². The van der Waals surface area contributed by atoms with Crippen molar-refractivity contribution in [2.24, 2.45) is 5.73 Å². The van der Waals surface area contributed by atoms with Gasteiger partial charge in [-0.05, 0) is 35.7 Å². The smallest absolute Gasteiger partial charge is 0.255 e. The number of benzene rings is 1. The Kier molecular flexibility index (Phi) is 5.42. The molecule has 0 radical (unpaired) electrons. The Labute approximate surface area is 152 Å². The maximum Gasteiger partial charge on any atom is 0.255 e. The molecule has 6 nitrogen and oxygen atoms in total. The van der Waals surface area contributed by atoms with Gasteiger partial charge in [-0.3, -0.25) is 9.59 Å². The van der Waals surface area contributed by atoms with Gasteiger partial charge in [0.05, 0.1) is 12.1 Å². The molecule has 0 saturated heterocycles. The number of amides is 2. The highest BCUT2D eigenvalue weighted by Crippen LogP contribution is 2.26. The van der Waals surface area contributed by atoms with Crippen LogP contribution in [-0.4, -0.2) is 23.4 Å². The summed E-state index contributed by atoms with van der Waals surface area (Å²) in [4.78, 5) is 27.3. The fraction of sp³-hybridized carbons (Fsp3) is 0.118. The van der Waals surface area contributed by atoms with Crippen LogP contribution in [0.2, 0.25) is 0 Å². The second-order valence-electron chi connectivity index (χ2n) is 5.16. The molecule has 3 N–H and O–H groups in total. The number of carbonyl (C=O) groups is 2. The van der Waals surface area contributed by atoms with Crippen molar-refractivity contribution in [2.75, 3.05) is 11.9 Å². The number of aromatic nitrogens is 1. The summed E-state index contributed by atoms with van der Waals surface area (Å²) in [6.45, 7) is -0.179. The van der Waals surface area contributed by atoms with E-state index in [1.807, 2.05) is 22.2 Å². The minimum atomic E-state index is -0.539. The van der Waals surface area contributed by atoms with E-state index in [1.54, 1.807) is 35.6 Å². The van der Waals surface area contributed by atoms with Gasteiger partial charge in [-0.25, -0.2) is 4.98 Å². The van der Waals surface area contributed by atoms with E-state index in [1.165, 1.54) is 11.3 Å². The largest absolute Gasteiger partial charge is 0.484 e. The molecule has 25 heavy (non-hydrogen) atoms. The van der Waals surface area contributed by atoms with Crippen LogP contribution < -0.4 is 15.8 Å². The van der Waals surface area contributed by atoms with Crippen LogP contribution in [0.3, 0.4) is 0 Å². The Morgan fingerprint density at radius 3 is 2.64 bits per heavy atom. The number of nitrogens with one attached hydrogen (secondary N) is 1. The lowest BCUT2D eigenvalue weighted by Crippen LogP contribution is -2.20. The SMILES string of the molecule is NC(=O)COc1ccc(NC(=O)Cc2csc(-c3ccsc3)n2)cc1. The topological polar surface area (TPSA) is 94.3 Å². The molecule has 3 rings (SSSR count). The van der Waals surface area contributed by atoms with E-state index in [0.29, 0.717) is 11.4 Å². The second-order valence-corrected chi connectivity index (χ2v) is 6.80. The van der Waals surface area contributed by atoms with Crippen molar-refractivity contribution >= 4 is 40.2 Å². The first-order valence-electron chi connectivity index (χ1n) is 7.38. The first-order valence-corrected chi connectivity index (χ1v) is 9.20. The van der Waals surface area contributed by atoms with Gasteiger partial charge in [0.25, 0.3) is 5.91 Å². The van der Waals surface area contributed by atoms with Crippen LogP contribution in [0.25, 0.3) is 10.6 Å². The summed E-state index contributed by atoms with van der Waals surface area (Å²) in [5.41, 5.74) is 7.48. The van der Waals surface area contributed by atoms with Crippen LogP contribution >= 0.6 is 22.7 Å². The summed E-state index contributed by atoms with van der Waals surface area (Å²) in [7, 11) is 0. The van der Waals surface area contributed by atoms with Gasteiger partial charge in [0, 0.05) is 22.0 Å². The number of thiophene rings is 1. The lowest BCUT2D eigenvalue weighted by atomic mass is 10.2. The summed E-state index contributed by atoms with van der Waals surface area (Å²) >= 11 is 3.14. The Bertz CT molecular complexity index is 858. The van der Waals surface area contributed by atoms with E-state index in [4.69, 9.17) is 10.5 Å². The lowest BCUT2D eigenvalue weighted by Gasteiger charge is -2.06. The molecule has 2 amide bonds. The van der Waals surface area contributed by atoms with Crippen molar-refractivity contribution in [3.8, 4) is 16.3 Å². The number of anilines is 1. The van der Waals surface area contributed by atoms with E-state index in [-0.39, 0.29) is 18.9 Å². The third-order valence-electron chi connectivity index (χ3n) is 3.18. The molecule has 128 valence electrons. The summed E-state index contributed by atoms with van der Waals surface area (Å²) in [5, 5.41) is 9.65. The summed E-state index contributed by atoms with van der Waals surface area (Å²) in [6.07, 6.45) is 0.209. The van der Waals surface area contributed by atoms with Gasteiger partial charge < -0.3 is 15.8 Å². The highest BCUT2D eigenvalue weighted by Gasteiger charge is 2.10.